The molecule has 2 aromatic carbocycles. The summed E-state index contributed by atoms with van der Waals surface area (Å²) in [6, 6.07) is 10.7. The van der Waals surface area contributed by atoms with Crippen molar-refractivity contribution in [2.75, 3.05) is 6.61 Å². The van der Waals surface area contributed by atoms with Crippen LogP contribution in [-0.4, -0.2) is 17.7 Å². The van der Waals surface area contributed by atoms with Gasteiger partial charge >= 0.3 is 5.97 Å². The summed E-state index contributed by atoms with van der Waals surface area (Å²) in [5, 5.41) is 9.94. The molecule has 0 bridgehead atoms. The normalized spacial score (nSPS) is 14.8. The lowest BCUT2D eigenvalue weighted by Gasteiger charge is -2.09. The minimum Gasteiger partial charge on any atom is -0.503 e. The summed E-state index contributed by atoms with van der Waals surface area (Å²) in [6.45, 7) is 2.27. The number of hydrogen-bond acceptors (Lipinski definition) is 4. The van der Waals surface area contributed by atoms with Crippen LogP contribution in [0.3, 0.4) is 0 Å². The molecule has 1 aliphatic rings. The number of phenolic OH excluding ortho intramolecular Hbond substituents is 1. The van der Waals surface area contributed by atoms with Gasteiger partial charge in [-0.05, 0) is 52.7 Å². The van der Waals surface area contributed by atoms with Gasteiger partial charge in [0.15, 0.2) is 11.5 Å². The van der Waals surface area contributed by atoms with Gasteiger partial charge in [0, 0.05) is 5.56 Å². The molecule has 2 aromatic rings. The molecule has 1 heterocycles. The van der Waals surface area contributed by atoms with Gasteiger partial charge in [-0.3, -0.25) is 0 Å². The fourth-order valence-electron chi connectivity index (χ4n) is 2.29. The maximum absolute atomic E-state index is 12.0. The number of aromatic hydroxyl groups is 1. The zero-order valence-electron chi connectivity index (χ0n) is 11.8. The molecular formula is C17H13BrO4. The molecule has 4 nitrogen and oxygen atoms in total. The number of ether oxygens (including phenoxy) is 2. The first-order valence-corrected chi connectivity index (χ1v) is 7.58. The van der Waals surface area contributed by atoms with Crippen molar-refractivity contribution in [3.63, 3.8) is 0 Å². The van der Waals surface area contributed by atoms with Crippen LogP contribution in [0.2, 0.25) is 0 Å². The molecule has 0 saturated heterocycles. The van der Waals surface area contributed by atoms with Crippen molar-refractivity contribution < 1.29 is 19.4 Å². The third-order valence-corrected chi connectivity index (χ3v) is 3.87. The Labute approximate surface area is 136 Å². The number of rotatable bonds is 3. The van der Waals surface area contributed by atoms with Gasteiger partial charge in [0.2, 0.25) is 0 Å². The number of hydrogen-bond donors (Lipinski definition) is 1. The molecule has 0 unspecified atom stereocenters. The van der Waals surface area contributed by atoms with Crippen LogP contribution in [0.5, 0.6) is 17.2 Å². The number of benzene rings is 2. The Hall–Kier alpha value is -2.27. The second kappa shape index (κ2) is 5.85. The quantitative estimate of drug-likeness (QED) is 0.510. The van der Waals surface area contributed by atoms with Crippen LogP contribution < -0.4 is 9.47 Å². The van der Waals surface area contributed by atoms with Gasteiger partial charge in [-0.25, -0.2) is 4.79 Å². The Kier molecular flexibility index (Phi) is 3.90. The summed E-state index contributed by atoms with van der Waals surface area (Å²) in [5.74, 6) is 0.576. The van der Waals surface area contributed by atoms with E-state index >= 15 is 0 Å². The molecule has 0 fully saturated rings. The van der Waals surface area contributed by atoms with Gasteiger partial charge in [-0.1, -0.05) is 18.2 Å². The Morgan fingerprint density at radius 1 is 1.32 bits per heavy atom. The minimum absolute atomic E-state index is 0.0402. The predicted molar refractivity (Wildman–Crippen MR) is 86.9 cm³/mol. The lowest BCUT2D eigenvalue weighted by molar-refractivity contribution is -0.126. The second-order valence-corrected chi connectivity index (χ2v) is 5.58. The molecule has 0 saturated carbocycles. The minimum atomic E-state index is -0.386. The molecule has 0 spiro atoms. The smallest absolute Gasteiger partial charge is 0.344 e. The van der Waals surface area contributed by atoms with E-state index in [9.17, 15) is 9.90 Å². The lowest BCUT2D eigenvalue weighted by atomic mass is 10.0. The predicted octanol–water partition coefficient (Wildman–Crippen LogP) is 4.01. The molecule has 0 aromatic heterocycles. The average Bonchev–Trinajstić information content (AvgIpc) is 2.81. The van der Waals surface area contributed by atoms with Crippen molar-refractivity contribution in [2.24, 2.45) is 0 Å². The van der Waals surface area contributed by atoms with E-state index in [2.05, 4.69) is 15.9 Å². The SMILES string of the molecule is CCOc1cc(/C=C2\C(=O)Oc3ccccc32)cc(Br)c1O. The molecule has 22 heavy (non-hydrogen) atoms. The third kappa shape index (κ3) is 2.60. The van der Waals surface area contributed by atoms with E-state index < -0.39 is 0 Å². The van der Waals surface area contributed by atoms with Gasteiger partial charge in [-0.15, -0.1) is 0 Å². The second-order valence-electron chi connectivity index (χ2n) is 4.73. The Bertz CT molecular complexity index is 780. The van der Waals surface area contributed by atoms with Gasteiger partial charge < -0.3 is 14.6 Å². The first-order valence-electron chi connectivity index (χ1n) is 6.78. The van der Waals surface area contributed by atoms with Crippen LogP contribution in [0.1, 0.15) is 18.1 Å². The van der Waals surface area contributed by atoms with E-state index in [0.717, 1.165) is 11.1 Å². The van der Waals surface area contributed by atoms with E-state index in [0.29, 0.717) is 28.2 Å². The maximum atomic E-state index is 12.0. The van der Waals surface area contributed by atoms with Gasteiger partial charge in [0.1, 0.15) is 5.75 Å². The highest BCUT2D eigenvalue weighted by atomic mass is 79.9. The molecule has 3 rings (SSSR count). The number of fused-ring (bicyclic) bond motifs is 1. The Morgan fingerprint density at radius 3 is 2.86 bits per heavy atom. The van der Waals surface area contributed by atoms with Crippen LogP contribution in [0.25, 0.3) is 11.6 Å². The van der Waals surface area contributed by atoms with Crippen LogP contribution >= 0.6 is 15.9 Å². The molecule has 112 valence electrons. The Morgan fingerprint density at radius 2 is 2.09 bits per heavy atom. The third-order valence-electron chi connectivity index (χ3n) is 3.26. The van der Waals surface area contributed by atoms with Gasteiger partial charge in [-0.2, -0.15) is 0 Å². The van der Waals surface area contributed by atoms with E-state index in [1.54, 1.807) is 24.3 Å². The molecule has 1 aliphatic heterocycles. The first kappa shape index (κ1) is 14.7. The summed E-state index contributed by atoms with van der Waals surface area (Å²) < 4.78 is 11.1. The summed E-state index contributed by atoms with van der Waals surface area (Å²) in [5.41, 5.74) is 1.97. The van der Waals surface area contributed by atoms with E-state index in [1.165, 1.54) is 0 Å². The molecule has 5 heteroatoms. The topological polar surface area (TPSA) is 55.8 Å². The number of para-hydroxylation sites is 1. The fraction of sp³-hybridized carbons (Fsp3) is 0.118. The molecule has 0 atom stereocenters. The van der Waals surface area contributed by atoms with E-state index in [1.807, 2.05) is 25.1 Å². The molecule has 0 amide bonds. The van der Waals surface area contributed by atoms with Crippen LogP contribution in [0, 0.1) is 0 Å². The van der Waals surface area contributed by atoms with Crippen LogP contribution in [0.15, 0.2) is 40.9 Å². The molecule has 0 radical (unpaired) electrons. The number of halogens is 1. The monoisotopic (exact) mass is 360 g/mol. The van der Waals surface area contributed by atoms with Crippen LogP contribution in [-0.2, 0) is 4.79 Å². The van der Waals surface area contributed by atoms with Crippen molar-refractivity contribution in [3.8, 4) is 17.2 Å². The maximum Gasteiger partial charge on any atom is 0.344 e. The highest BCUT2D eigenvalue weighted by Gasteiger charge is 2.26. The largest absolute Gasteiger partial charge is 0.503 e. The van der Waals surface area contributed by atoms with Gasteiger partial charge in [0.05, 0.1) is 16.7 Å². The number of phenols is 1. The summed E-state index contributed by atoms with van der Waals surface area (Å²) in [6.07, 6.45) is 1.72. The summed E-state index contributed by atoms with van der Waals surface area (Å²) >= 11 is 3.29. The Balaban J connectivity index is 2.07. The van der Waals surface area contributed by atoms with Crippen molar-refractivity contribution in [1.82, 2.24) is 0 Å². The molecule has 0 aliphatic carbocycles. The first-order chi connectivity index (χ1) is 10.6. The zero-order chi connectivity index (χ0) is 15.7. The fourth-order valence-corrected chi connectivity index (χ4v) is 2.75. The standard InChI is InChI=1S/C17H13BrO4/c1-2-21-15-9-10(8-13(18)16(15)19)7-12-11-5-3-4-6-14(11)22-17(12)20/h3-9,19H,2H2,1H3/b12-7-. The van der Waals surface area contributed by atoms with E-state index in [-0.39, 0.29) is 11.7 Å². The zero-order valence-corrected chi connectivity index (χ0v) is 13.4. The van der Waals surface area contributed by atoms with Crippen LogP contribution in [0.4, 0.5) is 0 Å². The number of esters is 1. The molecule has 1 N–H and O–H groups in total. The molecular weight excluding hydrogens is 348 g/mol. The van der Waals surface area contributed by atoms with Gasteiger partial charge in [0.25, 0.3) is 0 Å². The highest BCUT2D eigenvalue weighted by Crippen LogP contribution is 2.39. The average molecular weight is 361 g/mol. The lowest BCUT2D eigenvalue weighted by Crippen LogP contribution is -2.00. The highest BCUT2D eigenvalue weighted by molar-refractivity contribution is 9.10. The number of carbonyl (C=O) groups excluding carboxylic acids is 1. The van der Waals surface area contributed by atoms with Crippen molar-refractivity contribution in [3.05, 3.63) is 52.0 Å². The van der Waals surface area contributed by atoms with Crippen molar-refractivity contribution in [1.29, 1.82) is 0 Å². The van der Waals surface area contributed by atoms with Crippen molar-refractivity contribution >= 4 is 33.5 Å². The summed E-state index contributed by atoms with van der Waals surface area (Å²) in [4.78, 5) is 12.0. The van der Waals surface area contributed by atoms with E-state index in [4.69, 9.17) is 9.47 Å². The summed E-state index contributed by atoms with van der Waals surface area (Å²) in [7, 11) is 0. The number of carbonyl (C=O) groups is 1. The van der Waals surface area contributed by atoms with Crippen molar-refractivity contribution in [2.45, 2.75) is 6.92 Å².